The largest absolute Gasteiger partial charge is 0.368 e. The van der Waals surface area contributed by atoms with E-state index in [1.165, 1.54) is 0 Å². The number of halogens is 2. The number of nitrogens with zero attached hydrogens (tertiary/aromatic N) is 4. The van der Waals surface area contributed by atoms with Crippen LogP contribution in [0, 0.1) is 13.8 Å². The Morgan fingerprint density at radius 2 is 1.56 bits per heavy atom. The number of benzene rings is 3. The van der Waals surface area contributed by atoms with Crippen LogP contribution < -0.4 is 10.2 Å². The topological polar surface area (TPSA) is 53.4 Å². The molecule has 1 fully saturated rings. The molecule has 0 atom stereocenters. The summed E-state index contributed by atoms with van der Waals surface area (Å²) in [6.45, 7) is 9.22. The van der Waals surface area contributed by atoms with Crippen molar-refractivity contribution in [1.29, 1.82) is 0 Å². The molecule has 4 aromatic rings. The molecule has 1 aliphatic rings. The Morgan fingerprint density at radius 1 is 0.872 bits per heavy atom. The van der Waals surface area contributed by atoms with Gasteiger partial charge in [0.15, 0.2) is 0 Å². The molecule has 5 rings (SSSR count). The fourth-order valence-corrected chi connectivity index (χ4v) is 5.56. The van der Waals surface area contributed by atoms with Gasteiger partial charge < -0.3 is 10.2 Å². The van der Waals surface area contributed by atoms with Crippen LogP contribution in [-0.2, 0) is 0 Å². The van der Waals surface area contributed by atoms with Crippen LogP contribution >= 0.6 is 23.2 Å². The van der Waals surface area contributed by atoms with Crippen LogP contribution in [0.3, 0.4) is 0 Å². The predicted molar refractivity (Wildman–Crippen MR) is 161 cm³/mol. The number of carbonyl (C=O) groups excluding carboxylic acids is 1. The minimum absolute atomic E-state index is 0.141. The molecule has 0 aliphatic carbocycles. The van der Waals surface area contributed by atoms with Gasteiger partial charge in [-0.2, -0.15) is 0 Å². The second-order valence-electron chi connectivity index (χ2n) is 9.87. The maximum Gasteiger partial charge on any atom is 0.271 e. The van der Waals surface area contributed by atoms with Gasteiger partial charge in [-0.3, -0.25) is 14.3 Å². The van der Waals surface area contributed by atoms with Crippen molar-refractivity contribution in [3.05, 3.63) is 99.8 Å². The molecule has 0 bridgehead atoms. The zero-order valence-electron chi connectivity index (χ0n) is 22.3. The smallest absolute Gasteiger partial charge is 0.271 e. The quantitative estimate of drug-likeness (QED) is 0.253. The van der Waals surface area contributed by atoms with E-state index in [4.69, 9.17) is 28.2 Å². The summed E-state index contributed by atoms with van der Waals surface area (Å²) in [6.07, 6.45) is 0.868. The van der Waals surface area contributed by atoms with Crippen LogP contribution in [0.2, 0.25) is 10.0 Å². The van der Waals surface area contributed by atoms with Gasteiger partial charge in [0, 0.05) is 38.3 Å². The Morgan fingerprint density at radius 3 is 2.31 bits per heavy atom. The molecule has 1 N–H and O–H groups in total. The lowest BCUT2D eigenvalue weighted by atomic mass is 10.1. The van der Waals surface area contributed by atoms with E-state index in [2.05, 4.69) is 38.7 Å². The number of hydrogen-bond donors (Lipinski definition) is 1. The van der Waals surface area contributed by atoms with E-state index in [1.54, 1.807) is 0 Å². The molecular weight excluding hydrogens is 529 g/mol. The Hall–Kier alpha value is -3.32. The van der Waals surface area contributed by atoms with E-state index >= 15 is 0 Å². The maximum atomic E-state index is 13.3. The van der Waals surface area contributed by atoms with Crippen molar-refractivity contribution in [3.63, 3.8) is 0 Å². The number of anilines is 1. The molecule has 1 saturated heterocycles. The van der Waals surface area contributed by atoms with Gasteiger partial charge in [0.05, 0.1) is 27.1 Å². The number of imidazole rings is 1. The summed E-state index contributed by atoms with van der Waals surface area (Å²) in [4.78, 5) is 22.8. The summed E-state index contributed by atoms with van der Waals surface area (Å²) in [5.41, 5.74) is 5.41. The van der Waals surface area contributed by atoms with Crippen molar-refractivity contribution >= 4 is 34.8 Å². The first-order valence-electron chi connectivity index (χ1n) is 13.3. The Kier molecular flexibility index (Phi) is 8.56. The lowest BCUT2D eigenvalue weighted by Gasteiger charge is -2.36. The van der Waals surface area contributed by atoms with Crippen molar-refractivity contribution in [1.82, 2.24) is 19.8 Å². The summed E-state index contributed by atoms with van der Waals surface area (Å²) >= 11 is 12.6. The van der Waals surface area contributed by atoms with Gasteiger partial charge in [0.2, 0.25) is 0 Å². The van der Waals surface area contributed by atoms with E-state index in [1.807, 2.05) is 67.6 Å². The van der Waals surface area contributed by atoms with Crippen molar-refractivity contribution in [2.45, 2.75) is 20.3 Å². The molecule has 0 radical (unpaired) electrons. The summed E-state index contributed by atoms with van der Waals surface area (Å²) in [7, 11) is 0. The van der Waals surface area contributed by atoms with E-state index in [9.17, 15) is 4.79 Å². The van der Waals surface area contributed by atoms with Crippen LogP contribution in [0.25, 0.3) is 17.1 Å². The minimum atomic E-state index is -0.141. The zero-order valence-corrected chi connectivity index (χ0v) is 23.8. The Labute approximate surface area is 240 Å². The Bertz CT molecular complexity index is 1440. The monoisotopic (exact) mass is 561 g/mol. The number of hydrogen-bond acceptors (Lipinski definition) is 4. The number of aryl methyl sites for hydroxylation is 1. The fraction of sp³-hybridized carbons (Fsp3) is 0.290. The molecule has 1 aliphatic heterocycles. The average molecular weight is 563 g/mol. The second-order valence-corrected chi connectivity index (χ2v) is 10.7. The number of carbonyl (C=O) groups is 1. The molecule has 1 aromatic heterocycles. The predicted octanol–water partition coefficient (Wildman–Crippen LogP) is 6.41. The van der Waals surface area contributed by atoms with Gasteiger partial charge in [-0.15, -0.1) is 0 Å². The third kappa shape index (κ3) is 5.98. The number of rotatable bonds is 8. The Balaban J connectivity index is 1.20. The second kappa shape index (κ2) is 12.2. The first-order chi connectivity index (χ1) is 18.9. The molecular formula is C31H33Cl2N5O. The third-order valence-electron chi connectivity index (χ3n) is 7.29. The van der Waals surface area contributed by atoms with E-state index in [0.717, 1.165) is 73.2 Å². The number of amides is 1. The first kappa shape index (κ1) is 27.3. The van der Waals surface area contributed by atoms with Crippen LogP contribution in [0.15, 0.2) is 72.8 Å². The van der Waals surface area contributed by atoms with Crippen molar-refractivity contribution in [3.8, 4) is 17.1 Å². The first-order valence-corrected chi connectivity index (χ1v) is 14.1. The van der Waals surface area contributed by atoms with Gasteiger partial charge in [-0.05, 0) is 50.6 Å². The highest BCUT2D eigenvalue weighted by molar-refractivity contribution is 6.43. The van der Waals surface area contributed by atoms with Gasteiger partial charge in [-0.1, -0.05) is 77.8 Å². The molecule has 3 aromatic carbocycles. The lowest BCUT2D eigenvalue weighted by molar-refractivity contribution is 0.0946. The SMILES string of the molecule is Cc1ccccc1-n1c(-c2ccccc2)nc(C(=O)NCCCN2CCN(c3cccc(Cl)c3Cl)CC2)c1C. The molecule has 1 amide bonds. The van der Waals surface area contributed by atoms with Crippen LogP contribution in [-0.4, -0.2) is 59.6 Å². The normalized spacial score (nSPS) is 14.0. The number of para-hydroxylation sites is 1. The average Bonchev–Trinajstić information content (AvgIpc) is 3.30. The molecule has 8 heteroatoms. The molecule has 6 nitrogen and oxygen atoms in total. The van der Waals surface area contributed by atoms with Gasteiger partial charge in [0.1, 0.15) is 11.5 Å². The zero-order chi connectivity index (χ0) is 27.4. The highest BCUT2D eigenvalue weighted by Gasteiger charge is 2.23. The number of nitrogens with one attached hydrogen (secondary N) is 1. The van der Waals surface area contributed by atoms with Crippen LogP contribution in [0.5, 0.6) is 0 Å². The summed E-state index contributed by atoms with van der Waals surface area (Å²) < 4.78 is 2.09. The highest BCUT2D eigenvalue weighted by Crippen LogP contribution is 2.33. The molecule has 2 heterocycles. The van der Waals surface area contributed by atoms with Gasteiger partial charge in [-0.25, -0.2) is 4.98 Å². The van der Waals surface area contributed by atoms with E-state index in [-0.39, 0.29) is 5.91 Å². The summed E-state index contributed by atoms with van der Waals surface area (Å²) in [6, 6.07) is 24.0. The maximum absolute atomic E-state index is 13.3. The standard InChI is InChI=1S/C31H33Cl2N5O/c1-22-10-6-7-14-26(22)38-23(2)29(35-30(38)24-11-4-3-5-12-24)31(39)34-16-9-17-36-18-20-37(21-19-36)27-15-8-13-25(32)28(27)33/h3-8,10-15H,9,16-21H2,1-2H3,(H,34,39). The molecule has 0 unspecified atom stereocenters. The summed E-state index contributed by atoms with van der Waals surface area (Å²) in [5, 5.41) is 4.30. The highest BCUT2D eigenvalue weighted by atomic mass is 35.5. The van der Waals surface area contributed by atoms with E-state index < -0.39 is 0 Å². The minimum Gasteiger partial charge on any atom is -0.368 e. The van der Waals surface area contributed by atoms with Crippen LogP contribution in [0.1, 0.15) is 28.2 Å². The molecule has 39 heavy (non-hydrogen) atoms. The number of piperazine rings is 1. The molecule has 202 valence electrons. The van der Waals surface area contributed by atoms with Crippen molar-refractivity contribution in [2.24, 2.45) is 0 Å². The lowest BCUT2D eigenvalue weighted by Crippen LogP contribution is -2.47. The third-order valence-corrected chi connectivity index (χ3v) is 8.10. The van der Waals surface area contributed by atoms with Gasteiger partial charge in [0.25, 0.3) is 5.91 Å². The summed E-state index contributed by atoms with van der Waals surface area (Å²) in [5.74, 6) is 0.627. The van der Waals surface area contributed by atoms with Crippen molar-refractivity contribution in [2.75, 3.05) is 44.2 Å². The molecule has 0 saturated carbocycles. The fourth-order valence-electron chi connectivity index (χ4n) is 5.14. The number of aromatic nitrogens is 2. The van der Waals surface area contributed by atoms with E-state index in [0.29, 0.717) is 22.3 Å². The van der Waals surface area contributed by atoms with Gasteiger partial charge >= 0.3 is 0 Å². The molecule has 0 spiro atoms. The van der Waals surface area contributed by atoms with Crippen molar-refractivity contribution < 1.29 is 4.79 Å². The van der Waals surface area contributed by atoms with Crippen LogP contribution in [0.4, 0.5) is 5.69 Å².